The van der Waals surface area contributed by atoms with Crippen LogP contribution < -0.4 is 0 Å². The number of imidazole rings is 1. The summed E-state index contributed by atoms with van der Waals surface area (Å²) in [5.41, 5.74) is 2.85. The first kappa shape index (κ1) is 16.1. The van der Waals surface area contributed by atoms with Crippen molar-refractivity contribution in [3.8, 4) is 17.4 Å². The maximum Gasteiger partial charge on any atom is 0.251 e. The molecule has 0 atom stereocenters. The third-order valence-electron chi connectivity index (χ3n) is 4.01. The average molecular weight is 353 g/mol. The van der Waals surface area contributed by atoms with E-state index >= 15 is 0 Å². The lowest BCUT2D eigenvalue weighted by Gasteiger charge is -2.08. The molecule has 0 amide bonds. The monoisotopic (exact) mass is 353 g/mol. The number of nitrogens with zero attached hydrogens (tertiary/aromatic N) is 5. The molecular weight excluding hydrogens is 340 g/mol. The number of benzene rings is 1. The molecule has 4 rings (SSSR count). The highest BCUT2D eigenvalue weighted by atomic mass is 19.1. The zero-order valence-electron chi connectivity index (χ0n) is 13.7. The summed E-state index contributed by atoms with van der Waals surface area (Å²) in [6.45, 7) is 1.70. The Morgan fingerprint density at radius 3 is 2.73 bits per heavy atom. The van der Waals surface area contributed by atoms with E-state index in [4.69, 9.17) is 0 Å². The van der Waals surface area contributed by atoms with Crippen LogP contribution in [0.3, 0.4) is 0 Å². The smallest absolute Gasteiger partial charge is 0.251 e. The van der Waals surface area contributed by atoms with Crippen molar-refractivity contribution in [3.05, 3.63) is 71.4 Å². The van der Waals surface area contributed by atoms with Crippen LogP contribution in [-0.4, -0.2) is 29.4 Å². The molecule has 0 saturated heterocycles. The van der Waals surface area contributed by atoms with Crippen LogP contribution in [0.4, 0.5) is 8.78 Å². The van der Waals surface area contributed by atoms with Gasteiger partial charge in [-0.05, 0) is 24.1 Å². The second-order valence-electron chi connectivity index (χ2n) is 5.86. The van der Waals surface area contributed by atoms with Crippen LogP contribution in [0.25, 0.3) is 17.2 Å². The summed E-state index contributed by atoms with van der Waals surface area (Å²) in [6, 6.07) is 4.99. The molecular formula is C18H13F2N5O. The van der Waals surface area contributed by atoms with Crippen molar-refractivity contribution in [1.82, 2.24) is 24.3 Å². The maximum absolute atomic E-state index is 13.8. The van der Waals surface area contributed by atoms with Crippen LogP contribution >= 0.6 is 0 Å². The van der Waals surface area contributed by atoms with Gasteiger partial charge in [-0.15, -0.1) is 0 Å². The lowest BCUT2D eigenvalue weighted by atomic mass is 10.1. The van der Waals surface area contributed by atoms with Gasteiger partial charge >= 0.3 is 0 Å². The Morgan fingerprint density at radius 1 is 1.12 bits per heavy atom. The molecule has 130 valence electrons. The van der Waals surface area contributed by atoms with Gasteiger partial charge in [0.25, 0.3) is 5.88 Å². The first-order valence-corrected chi connectivity index (χ1v) is 7.81. The minimum absolute atomic E-state index is 0.0795. The van der Waals surface area contributed by atoms with E-state index in [1.807, 2.05) is 6.07 Å². The first-order chi connectivity index (χ1) is 12.5. The summed E-state index contributed by atoms with van der Waals surface area (Å²) < 4.78 is 28.8. The van der Waals surface area contributed by atoms with E-state index in [1.54, 1.807) is 36.0 Å². The summed E-state index contributed by atoms with van der Waals surface area (Å²) in [5, 5.41) is 9.48. The third-order valence-corrected chi connectivity index (χ3v) is 4.01. The fraction of sp³-hybridized carbons (Fsp3) is 0.111. The summed E-state index contributed by atoms with van der Waals surface area (Å²) >= 11 is 0. The first-order valence-electron chi connectivity index (χ1n) is 7.81. The van der Waals surface area contributed by atoms with Crippen LogP contribution in [0.15, 0.2) is 43.0 Å². The fourth-order valence-electron chi connectivity index (χ4n) is 2.64. The topological polar surface area (TPSA) is 76.2 Å². The van der Waals surface area contributed by atoms with Crippen LogP contribution in [0.2, 0.25) is 0 Å². The number of rotatable bonds is 3. The van der Waals surface area contributed by atoms with E-state index in [1.165, 1.54) is 6.07 Å². The number of fused-ring (bicyclic) bond motifs is 1. The van der Waals surface area contributed by atoms with Gasteiger partial charge in [-0.2, -0.15) is 9.37 Å². The van der Waals surface area contributed by atoms with Crippen molar-refractivity contribution < 1.29 is 13.9 Å². The molecule has 8 heteroatoms. The molecule has 0 fully saturated rings. The van der Waals surface area contributed by atoms with Gasteiger partial charge in [0.2, 0.25) is 5.82 Å². The predicted octanol–water partition coefficient (Wildman–Crippen LogP) is 3.07. The fourth-order valence-corrected chi connectivity index (χ4v) is 2.64. The molecule has 0 radical (unpaired) electrons. The van der Waals surface area contributed by atoms with Gasteiger partial charge in [-0.25, -0.2) is 19.3 Å². The van der Waals surface area contributed by atoms with E-state index in [0.29, 0.717) is 29.0 Å². The van der Waals surface area contributed by atoms with Crippen molar-refractivity contribution in [3.63, 3.8) is 0 Å². The molecule has 6 nitrogen and oxygen atoms in total. The van der Waals surface area contributed by atoms with Crippen molar-refractivity contribution >= 4 is 5.65 Å². The van der Waals surface area contributed by atoms with Gasteiger partial charge in [-0.3, -0.25) is 0 Å². The lowest BCUT2D eigenvalue weighted by molar-refractivity contribution is 0.409. The van der Waals surface area contributed by atoms with E-state index < -0.39 is 11.7 Å². The molecule has 0 saturated carbocycles. The number of aromatic nitrogens is 5. The highest BCUT2D eigenvalue weighted by Crippen LogP contribution is 2.21. The van der Waals surface area contributed by atoms with E-state index in [9.17, 15) is 13.9 Å². The normalized spacial score (nSPS) is 11.2. The van der Waals surface area contributed by atoms with Gasteiger partial charge in [0, 0.05) is 25.0 Å². The van der Waals surface area contributed by atoms with Crippen molar-refractivity contribution in [2.75, 3.05) is 0 Å². The second kappa shape index (κ2) is 6.14. The largest absolute Gasteiger partial charge is 0.491 e. The molecule has 0 bridgehead atoms. The molecule has 0 unspecified atom stereocenters. The Morgan fingerprint density at radius 2 is 1.96 bits per heavy atom. The molecule has 0 spiro atoms. The number of hydrogen-bond donors (Lipinski definition) is 1. The molecule has 3 aromatic heterocycles. The van der Waals surface area contributed by atoms with Crippen molar-refractivity contribution in [2.24, 2.45) is 0 Å². The second-order valence-corrected chi connectivity index (χ2v) is 5.86. The minimum Gasteiger partial charge on any atom is -0.491 e. The third kappa shape index (κ3) is 2.85. The summed E-state index contributed by atoms with van der Waals surface area (Å²) in [4.78, 5) is 16.4. The molecule has 0 aliphatic rings. The Hall–Kier alpha value is -3.42. The summed E-state index contributed by atoms with van der Waals surface area (Å²) in [5.74, 6) is -1.86. The zero-order chi connectivity index (χ0) is 18.3. The summed E-state index contributed by atoms with van der Waals surface area (Å²) in [7, 11) is 0. The molecule has 3 heterocycles. The highest BCUT2D eigenvalue weighted by molar-refractivity contribution is 5.55. The summed E-state index contributed by atoms with van der Waals surface area (Å²) in [6.07, 6.45) is 6.20. The van der Waals surface area contributed by atoms with Crippen LogP contribution in [0.5, 0.6) is 5.88 Å². The number of aryl methyl sites for hydroxylation is 1. The number of aromatic hydroxyl groups is 1. The number of halogens is 2. The predicted molar refractivity (Wildman–Crippen MR) is 89.6 cm³/mol. The average Bonchev–Trinajstić information content (AvgIpc) is 3.09. The maximum atomic E-state index is 13.8. The lowest BCUT2D eigenvalue weighted by Crippen LogP contribution is -2.03. The Balaban J connectivity index is 1.81. The van der Waals surface area contributed by atoms with Crippen LogP contribution in [0.1, 0.15) is 16.8 Å². The zero-order valence-corrected chi connectivity index (χ0v) is 13.7. The molecule has 0 aliphatic heterocycles. The van der Waals surface area contributed by atoms with Crippen molar-refractivity contribution in [2.45, 2.75) is 13.3 Å². The van der Waals surface area contributed by atoms with Crippen LogP contribution in [0, 0.1) is 18.6 Å². The van der Waals surface area contributed by atoms with Gasteiger partial charge in [-0.1, -0.05) is 12.1 Å². The van der Waals surface area contributed by atoms with Crippen LogP contribution in [-0.2, 0) is 6.42 Å². The molecule has 1 aromatic carbocycles. The standard InChI is InChI=1S/C18H13F2N5O/c1-10-2-3-11(6-12(10)19)7-14-17-21-4-5-25(17)9-15(23-14)16-22-8-13(20)18(26)24-16/h2-6,8-9H,7H2,1H3,(H,22,24,26). The van der Waals surface area contributed by atoms with E-state index in [2.05, 4.69) is 19.9 Å². The van der Waals surface area contributed by atoms with Gasteiger partial charge in [0.15, 0.2) is 11.5 Å². The Kier molecular flexibility index (Phi) is 3.80. The molecule has 26 heavy (non-hydrogen) atoms. The Labute approximate surface area is 146 Å². The highest BCUT2D eigenvalue weighted by Gasteiger charge is 2.14. The van der Waals surface area contributed by atoms with E-state index in [0.717, 1.165) is 11.8 Å². The SMILES string of the molecule is Cc1ccc(Cc2nc(-c3ncc(F)c(O)n3)cn3ccnc23)cc1F. The quantitative estimate of drug-likeness (QED) is 0.613. The number of hydrogen-bond acceptors (Lipinski definition) is 5. The van der Waals surface area contributed by atoms with Gasteiger partial charge < -0.3 is 9.51 Å². The van der Waals surface area contributed by atoms with Crippen molar-refractivity contribution in [1.29, 1.82) is 0 Å². The Bertz CT molecular complexity index is 1130. The van der Waals surface area contributed by atoms with E-state index in [-0.39, 0.29) is 11.6 Å². The van der Waals surface area contributed by atoms with Gasteiger partial charge in [0.1, 0.15) is 11.5 Å². The molecule has 4 aromatic rings. The minimum atomic E-state index is -0.909. The molecule has 1 N–H and O–H groups in total. The van der Waals surface area contributed by atoms with Gasteiger partial charge in [0.05, 0.1) is 11.9 Å². The molecule has 0 aliphatic carbocycles.